The number of benzene rings is 1. The van der Waals surface area contributed by atoms with Gasteiger partial charge in [-0.25, -0.2) is 0 Å². The van der Waals surface area contributed by atoms with Crippen LogP contribution in [0.1, 0.15) is 5.56 Å². The zero-order valence-electron chi connectivity index (χ0n) is 5.73. The Morgan fingerprint density at radius 1 is 1.09 bits per heavy atom. The number of nitrogens with two attached hydrogens (primary N) is 1. The summed E-state index contributed by atoms with van der Waals surface area (Å²) in [6.45, 7) is 0. The van der Waals surface area contributed by atoms with E-state index in [0.717, 1.165) is 0 Å². The molecule has 0 spiro atoms. The van der Waals surface area contributed by atoms with Gasteiger partial charge in [0.05, 0.1) is 5.56 Å². The number of para-hydroxylation sites is 1. The molecule has 1 rings (SSSR count). The largest absolute Gasteiger partial charge is 0.398 e. The molecule has 0 aliphatic rings. The van der Waals surface area contributed by atoms with Gasteiger partial charge in [0.25, 0.3) is 0 Å². The SMILES string of the molecule is Nc1ccccc1C(O)(O)O. The quantitative estimate of drug-likeness (QED) is 0.321. The van der Waals surface area contributed by atoms with Crippen molar-refractivity contribution in [1.29, 1.82) is 0 Å². The molecule has 0 unspecified atom stereocenters. The molecule has 0 saturated carbocycles. The Morgan fingerprint density at radius 2 is 1.64 bits per heavy atom. The maximum Gasteiger partial charge on any atom is 0.306 e. The monoisotopic (exact) mass is 155 g/mol. The van der Waals surface area contributed by atoms with Gasteiger partial charge < -0.3 is 21.1 Å². The van der Waals surface area contributed by atoms with Gasteiger partial charge in [-0.15, -0.1) is 0 Å². The lowest BCUT2D eigenvalue weighted by atomic mass is 10.1. The summed E-state index contributed by atoms with van der Waals surface area (Å²) >= 11 is 0. The molecule has 0 amide bonds. The van der Waals surface area contributed by atoms with Crippen molar-refractivity contribution < 1.29 is 15.3 Å². The van der Waals surface area contributed by atoms with Crippen molar-refractivity contribution in [2.75, 3.05) is 5.73 Å². The molecule has 1 aromatic carbocycles. The number of hydrogen-bond acceptors (Lipinski definition) is 4. The van der Waals surface area contributed by atoms with Gasteiger partial charge >= 0.3 is 5.97 Å². The summed E-state index contributed by atoms with van der Waals surface area (Å²) in [4.78, 5) is 0. The van der Waals surface area contributed by atoms with Crippen LogP contribution in [0.3, 0.4) is 0 Å². The van der Waals surface area contributed by atoms with Crippen LogP contribution in [0.25, 0.3) is 0 Å². The van der Waals surface area contributed by atoms with E-state index in [0.29, 0.717) is 0 Å². The van der Waals surface area contributed by atoms with Crippen LogP contribution < -0.4 is 5.73 Å². The number of nitrogen functional groups attached to an aromatic ring is 1. The highest BCUT2D eigenvalue weighted by atomic mass is 16.7. The molecule has 11 heavy (non-hydrogen) atoms. The summed E-state index contributed by atoms with van der Waals surface area (Å²) in [5, 5.41) is 26.1. The molecule has 0 heterocycles. The fraction of sp³-hybridized carbons (Fsp3) is 0.143. The Balaban J connectivity index is 3.14. The van der Waals surface area contributed by atoms with Crippen molar-refractivity contribution in [3.63, 3.8) is 0 Å². The summed E-state index contributed by atoms with van der Waals surface area (Å²) in [7, 11) is 0. The molecule has 0 bridgehead atoms. The topological polar surface area (TPSA) is 86.7 Å². The van der Waals surface area contributed by atoms with Gasteiger partial charge in [0.1, 0.15) is 0 Å². The van der Waals surface area contributed by atoms with Crippen LogP contribution in [0.4, 0.5) is 5.69 Å². The molecular weight excluding hydrogens is 146 g/mol. The first kappa shape index (κ1) is 8.00. The first-order chi connectivity index (χ1) is 5.02. The van der Waals surface area contributed by atoms with Crippen molar-refractivity contribution in [2.45, 2.75) is 5.97 Å². The minimum Gasteiger partial charge on any atom is -0.398 e. The van der Waals surface area contributed by atoms with Crippen molar-refractivity contribution in [1.82, 2.24) is 0 Å². The maximum absolute atomic E-state index is 8.70. The zero-order valence-corrected chi connectivity index (χ0v) is 5.73. The summed E-state index contributed by atoms with van der Waals surface area (Å²) in [5.74, 6) is -2.84. The fourth-order valence-electron chi connectivity index (χ4n) is 0.802. The molecular formula is C7H9NO3. The number of rotatable bonds is 1. The minimum atomic E-state index is -2.84. The van der Waals surface area contributed by atoms with Gasteiger partial charge in [0, 0.05) is 5.69 Å². The van der Waals surface area contributed by atoms with Crippen LogP contribution in [-0.4, -0.2) is 15.3 Å². The second kappa shape index (κ2) is 2.50. The average molecular weight is 155 g/mol. The fourth-order valence-corrected chi connectivity index (χ4v) is 0.802. The minimum absolute atomic E-state index is 0.111. The molecule has 0 saturated heterocycles. The van der Waals surface area contributed by atoms with Crippen molar-refractivity contribution in [3.05, 3.63) is 29.8 Å². The van der Waals surface area contributed by atoms with E-state index >= 15 is 0 Å². The predicted molar refractivity (Wildman–Crippen MR) is 39.2 cm³/mol. The van der Waals surface area contributed by atoms with Crippen LogP contribution in [0.2, 0.25) is 0 Å². The van der Waals surface area contributed by atoms with E-state index in [1.54, 1.807) is 12.1 Å². The van der Waals surface area contributed by atoms with E-state index in [1.165, 1.54) is 12.1 Å². The van der Waals surface area contributed by atoms with Gasteiger partial charge in [-0.1, -0.05) is 12.1 Å². The predicted octanol–water partition coefficient (Wildman–Crippen LogP) is -0.644. The lowest BCUT2D eigenvalue weighted by Crippen LogP contribution is -2.24. The second-order valence-electron chi connectivity index (χ2n) is 2.22. The molecule has 0 aromatic heterocycles. The average Bonchev–Trinajstić information content (AvgIpc) is 1.86. The Hall–Kier alpha value is -1.10. The third-order valence-electron chi connectivity index (χ3n) is 1.32. The Labute approximate surface area is 63.5 Å². The molecule has 1 aromatic rings. The van der Waals surface area contributed by atoms with Crippen molar-refractivity contribution in [3.8, 4) is 0 Å². The molecule has 0 aliphatic heterocycles. The Kier molecular flexibility index (Phi) is 1.82. The highest BCUT2D eigenvalue weighted by molar-refractivity contribution is 5.47. The van der Waals surface area contributed by atoms with E-state index < -0.39 is 5.97 Å². The van der Waals surface area contributed by atoms with Gasteiger partial charge in [-0.05, 0) is 12.1 Å². The third kappa shape index (κ3) is 1.68. The summed E-state index contributed by atoms with van der Waals surface area (Å²) in [5.41, 5.74) is 5.35. The number of hydrogen-bond donors (Lipinski definition) is 4. The van der Waals surface area contributed by atoms with Crippen LogP contribution in [-0.2, 0) is 5.97 Å². The molecule has 4 heteroatoms. The second-order valence-corrected chi connectivity index (χ2v) is 2.22. The first-order valence-corrected chi connectivity index (χ1v) is 3.04. The Morgan fingerprint density at radius 3 is 2.00 bits per heavy atom. The molecule has 60 valence electrons. The summed E-state index contributed by atoms with van der Waals surface area (Å²) < 4.78 is 0. The van der Waals surface area contributed by atoms with Gasteiger partial charge in [-0.3, -0.25) is 0 Å². The standard InChI is InChI=1S/C7H9NO3/c8-6-4-2-1-3-5(6)7(9,10)11/h1-4,9-11H,8H2. The Bertz CT molecular complexity index is 254. The van der Waals surface area contributed by atoms with Gasteiger partial charge in [0.15, 0.2) is 0 Å². The highest BCUT2D eigenvalue weighted by Gasteiger charge is 2.23. The van der Waals surface area contributed by atoms with Crippen LogP contribution >= 0.6 is 0 Å². The highest BCUT2D eigenvalue weighted by Crippen LogP contribution is 2.20. The number of aliphatic hydroxyl groups is 3. The summed E-state index contributed by atoms with van der Waals surface area (Å²) in [6.07, 6.45) is 0. The van der Waals surface area contributed by atoms with Crippen molar-refractivity contribution >= 4 is 5.69 Å². The maximum atomic E-state index is 8.70. The van der Waals surface area contributed by atoms with E-state index in [9.17, 15) is 0 Å². The zero-order chi connectivity index (χ0) is 8.48. The van der Waals surface area contributed by atoms with Crippen molar-refractivity contribution in [2.24, 2.45) is 0 Å². The molecule has 0 atom stereocenters. The molecule has 0 radical (unpaired) electrons. The lowest BCUT2D eigenvalue weighted by molar-refractivity contribution is -0.323. The van der Waals surface area contributed by atoms with E-state index in [4.69, 9.17) is 21.1 Å². The normalized spacial score (nSPS) is 11.5. The van der Waals surface area contributed by atoms with E-state index in [-0.39, 0.29) is 11.3 Å². The summed E-state index contributed by atoms with van der Waals surface area (Å²) in [6, 6.07) is 5.97. The van der Waals surface area contributed by atoms with Crippen LogP contribution in [0.5, 0.6) is 0 Å². The lowest BCUT2D eigenvalue weighted by Gasteiger charge is -2.15. The smallest absolute Gasteiger partial charge is 0.306 e. The van der Waals surface area contributed by atoms with Crippen LogP contribution in [0, 0.1) is 0 Å². The van der Waals surface area contributed by atoms with Crippen LogP contribution in [0.15, 0.2) is 24.3 Å². The number of anilines is 1. The van der Waals surface area contributed by atoms with E-state index in [1.807, 2.05) is 0 Å². The van der Waals surface area contributed by atoms with Gasteiger partial charge in [-0.2, -0.15) is 0 Å². The third-order valence-corrected chi connectivity index (χ3v) is 1.32. The molecule has 0 aliphatic carbocycles. The van der Waals surface area contributed by atoms with E-state index in [2.05, 4.69) is 0 Å². The molecule has 0 fully saturated rings. The first-order valence-electron chi connectivity index (χ1n) is 3.04. The van der Waals surface area contributed by atoms with Gasteiger partial charge in [0.2, 0.25) is 0 Å². The molecule has 5 N–H and O–H groups in total. The molecule has 4 nitrogen and oxygen atoms in total.